The van der Waals surface area contributed by atoms with Gasteiger partial charge in [0.15, 0.2) is 0 Å². The second kappa shape index (κ2) is 8.54. The number of nitrogens with one attached hydrogen (secondary N) is 3. The van der Waals surface area contributed by atoms with Crippen LogP contribution in [0.15, 0.2) is 18.2 Å². The first kappa shape index (κ1) is 19.8. The molecule has 0 unspecified atom stereocenters. The molecule has 0 spiro atoms. The van der Waals surface area contributed by atoms with Crippen LogP contribution >= 0.6 is 11.6 Å². The number of amides is 3. The molecule has 3 amide bonds. The summed E-state index contributed by atoms with van der Waals surface area (Å²) in [6.07, 6.45) is 0.0365. The number of hydrazine groups is 1. The van der Waals surface area contributed by atoms with E-state index >= 15 is 0 Å². The number of methoxy groups -OCH3 is 1. The van der Waals surface area contributed by atoms with E-state index in [1.54, 1.807) is 32.9 Å². The number of carbonyl (C=O) groups excluding carboxylic acids is 3. The lowest BCUT2D eigenvalue weighted by molar-refractivity contribution is -0.128. The van der Waals surface area contributed by atoms with Crippen molar-refractivity contribution in [1.82, 2.24) is 16.2 Å². The van der Waals surface area contributed by atoms with Crippen LogP contribution in [0.4, 0.5) is 0 Å². The molecule has 3 N–H and O–H groups in total. The smallest absolute Gasteiger partial charge is 0.273 e. The molecule has 1 aromatic carbocycles. The highest BCUT2D eigenvalue weighted by molar-refractivity contribution is 6.31. The monoisotopic (exact) mass is 355 g/mol. The standard InChI is InChI=1S/C16H22ClN3O4/c1-16(2,3)15(23)18-8-7-13(21)19-20-14(22)11-9-10(17)5-6-12(11)24-4/h5-6,9H,7-8H2,1-4H3,(H,18,23)(H,19,21)(H,20,22). The Hall–Kier alpha value is -2.28. The van der Waals surface area contributed by atoms with Crippen molar-refractivity contribution in [3.63, 3.8) is 0 Å². The fourth-order valence-electron chi connectivity index (χ4n) is 1.67. The molecule has 0 aliphatic rings. The maximum Gasteiger partial charge on any atom is 0.273 e. The molecule has 1 aromatic rings. The lowest BCUT2D eigenvalue weighted by Crippen LogP contribution is -2.43. The number of hydrogen-bond acceptors (Lipinski definition) is 4. The van der Waals surface area contributed by atoms with E-state index < -0.39 is 17.2 Å². The van der Waals surface area contributed by atoms with Gasteiger partial charge in [0.05, 0.1) is 12.7 Å². The van der Waals surface area contributed by atoms with Crippen molar-refractivity contribution in [3.05, 3.63) is 28.8 Å². The Balaban J connectivity index is 2.46. The van der Waals surface area contributed by atoms with Crippen LogP contribution in [0, 0.1) is 5.41 Å². The summed E-state index contributed by atoms with van der Waals surface area (Å²) in [4.78, 5) is 35.4. The maximum absolute atomic E-state index is 12.1. The zero-order chi connectivity index (χ0) is 18.3. The Kier molecular flexibility index (Phi) is 7.03. The van der Waals surface area contributed by atoms with E-state index in [4.69, 9.17) is 16.3 Å². The summed E-state index contributed by atoms with van der Waals surface area (Å²) in [6.45, 7) is 5.52. The van der Waals surface area contributed by atoms with Crippen LogP contribution in [-0.4, -0.2) is 31.4 Å². The summed E-state index contributed by atoms with van der Waals surface area (Å²) >= 11 is 5.85. The first-order chi connectivity index (χ1) is 11.1. The van der Waals surface area contributed by atoms with Crippen LogP contribution in [0.1, 0.15) is 37.6 Å². The zero-order valence-electron chi connectivity index (χ0n) is 14.2. The molecule has 0 fully saturated rings. The van der Waals surface area contributed by atoms with Gasteiger partial charge in [0, 0.05) is 23.4 Å². The lowest BCUT2D eigenvalue weighted by atomic mass is 9.96. The molecule has 0 aromatic heterocycles. The van der Waals surface area contributed by atoms with E-state index in [-0.39, 0.29) is 24.4 Å². The first-order valence-corrected chi connectivity index (χ1v) is 7.74. The van der Waals surface area contributed by atoms with Crippen molar-refractivity contribution in [2.45, 2.75) is 27.2 Å². The van der Waals surface area contributed by atoms with Crippen LogP contribution in [0.3, 0.4) is 0 Å². The van der Waals surface area contributed by atoms with Crippen molar-refractivity contribution in [2.24, 2.45) is 5.41 Å². The molecule has 0 saturated heterocycles. The van der Waals surface area contributed by atoms with Crippen LogP contribution in [0.2, 0.25) is 5.02 Å². The van der Waals surface area contributed by atoms with Gasteiger partial charge in [0.25, 0.3) is 5.91 Å². The number of rotatable bonds is 5. The van der Waals surface area contributed by atoms with Gasteiger partial charge in [-0.3, -0.25) is 25.2 Å². The summed E-state index contributed by atoms with van der Waals surface area (Å²) in [6, 6.07) is 4.58. The largest absolute Gasteiger partial charge is 0.496 e. The van der Waals surface area contributed by atoms with Crippen LogP contribution in [-0.2, 0) is 9.59 Å². The van der Waals surface area contributed by atoms with Gasteiger partial charge >= 0.3 is 0 Å². The Bertz CT molecular complexity index is 626. The third-order valence-corrected chi connectivity index (χ3v) is 3.28. The minimum atomic E-state index is -0.554. The van der Waals surface area contributed by atoms with Gasteiger partial charge in [-0.15, -0.1) is 0 Å². The van der Waals surface area contributed by atoms with E-state index in [2.05, 4.69) is 16.2 Å². The van der Waals surface area contributed by atoms with Crippen LogP contribution in [0.5, 0.6) is 5.75 Å². The van der Waals surface area contributed by atoms with E-state index in [1.807, 2.05) is 0 Å². The van der Waals surface area contributed by atoms with E-state index in [0.29, 0.717) is 10.8 Å². The molecule has 1 rings (SSSR count). The maximum atomic E-state index is 12.1. The quantitative estimate of drug-likeness (QED) is 0.700. The average molecular weight is 356 g/mol. The third kappa shape index (κ3) is 6.08. The van der Waals surface area contributed by atoms with Crippen molar-refractivity contribution >= 4 is 29.3 Å². The molecule has 8 heteroatoms. The molecule has 0 heterocycles. The van der Waals surface area contributed by atoms with E-state index in [1.165, 1.54) is 13.2 Å². The Morgan fingerprint density at radius 1 is 1.17 bits per heavy atom. The molecule has 24 heavy (non-hydrogen) atoms. The molecule has 0 aliphatic carbocycles. The minimum Gasteiger partial charge on any atom is -0.496 e. The highest BCUT2D eigenvalue weighted by atomic mass is 35.5. The van der Waals surface area contributed by atoms with Crippen molar-refractivity contribution in [1.29, 1.82) is 0 Å². The Labute approximate surface area is 146 Å². The third-order valence-electron chi connectivity index (χ3n) is 3.04. The molecule has 132 valence electrons. The predicted octanol–water partition coefficient (Wildman–Crippen LogP) is 1.66. The fraction of sp³-hybridized carbons (Fsp3) is 0.438. The Morgan fingerprint density at radius 2 is 1.83 bits per heavy atom. The summed E-state index contributed by atoms with van der Waals surface area (Å²) in [7, 11) is 1.43. The Morgan fingerprint density at radius 3 is 2.42 bits per heavy atom. The van der Waals surface area contributed by atoms with Crippen LogP contribution in [0.25, 0.3) is 0 Å². The van der Waals surface area contributed by atoms with Gasteiger partial charge in [0.2, 0.25) is 11.8 Å². The molecule has 0 radical (unpaired) electrons. The molecular weight excluding hydrogens is 334 g/mol. The molecular formula is C16H22ClN3O4. The molecule has 0 atom stereocenters. The normalized spacial score (nSPS) is 10.7. The summed E-state index contributed by atoms with van der Waals surface area (Å²) in [5.41, 5.74) is 4.24. The van der Waals surface area contributed by atoms with Gasteiger partial charge in [0.1, 0.15) is 5.75 Å². The van der Waals surface area contributed by atoms with Crippen molar-refractivity contribution in [2.75, 3.05) is 13.7 Å². The highest BCUT2D eigenvalue weighted by Crippen LogP contribution is 2.22. The van der Waals surface area contributed by atoms with Gasteiger partial charge in [-0.1, -0.05) is 32.4 Å². The van der Waals surface area contributed by atoms with Crippen molar-refractivity contribution < 1.29 is 19.1 Å². The lowest BCUT2D eigenvalue weighted by Gasteiger charge is -2.17. The number of benzene rings is 1. The predicted molar refractivity (Wildman–Crippen MR) is 90.7 cm³/mol. The molecule has 0 aliphatic heterocycles. The SMILES string of the molecule is COc1ccc(Cl)cc1C(=O)NNC(=O)CCNC(=O)C(C)(C)C. The fourth-order valence-corrected chi connectivity index (χ4v) is 1.84. The first-order valence-electron chi connectivity index (χ1n) is 7.36. The molecule has 7 nitrogen and oxygen atoms in total. The van der Waals surface area contributed by atoms with E-state index in [9.17, 15) is 14.4 Å². The summed E-state index contributed by atoms with van der Waals surface area (Å²) in [5.74, 6) is -0.799. The second-order valence-electron chi connectivity index (χ2n) is 6.10. The molecule has 0 bridgehead atoms. The molecule has 0 saturated carbocycles. The second-order valence-corrected chi connectivity index (χ2v) is 6.54. The van der Waals surface area contributed by atoms with E-state index in [0.717, 1.165) is 0 Å². The number of halogens is 1. The zero-order valence-corrected chi connectivity index (χ0v) is 14.9. The van der Waals surface area contributed by atoms with Gasteiger partial charge in [-0.05, 0) is 18.2 Å². The summed E-state index contributed by atoms with van der Waals surface area (Å²) < 4.78 is 5.07. The van der Waals surface area contributed by atoms with Gasteiger partial charge in [-0.2, -0.15) is 0 Å². The van der Waals surface area contributed by atoms with Gasteiger partial charge in [-0.25, -0.2) is 0 Å². The number of carbonyl (C=O) groups is 3. The number of hydrogen-bond donors (Lipinski definition) is 3. The number of ether oxygens (including phenoxy) is 1. The topological polar surface area (TPSA) is 96.5 Å². The average Bonchev–Trinajstić information content (AvgIpc) is 2.51. The van der Waals surface area contributed by atoms with Crippen molar-refractivity contribution in [3.8, 4) is 5.75 Å². The van der Waals surface area contributed by atoms with Crippen LogP contribution < -0.4 is 20.9 Å². The highest BCUT2D eigenvalue weighted by Gasteiger charge is 2.20. The minimum absolute atomic E-state index is 0.0365. The van der Waals surface area contributed by atoms with Gasteiger partial charge < -0.3 is 10.1 Å². The summed E-state index contributed by atoms with van der Waals surface area (Å²) in [5, 5.41) is 3.02.